The van der Waals surface area contributed by atoms with Gasteiger partial charge in [-0.25, -0.2) is 0 Å². The van der Waals surface area contributed by atoms with Gasteiger partial charge in [0, 0.05) is 5.56 Å². The van der Waals surface area contributed by atoms with Gasteiger partial charge >= 0.3 is 5.97 Å². The zero-order valence-electron chi connectivity index (χ0n) is 14.4. The molecule has 1 aliphatic heterocycles. The Morgan fingerprint density at radius 3 is 2.60 bits per heavy atom. The van der Waals surface area contributed by atoms with Gasteiger partial charge in [0.15, 0.2) is 0 Å². The van der Waals surface area contributed by atoms with Crippen LogP contribution in [-0.2, 0) is 9.53 Å². The molecule has 25 heavy (non-hydrogen) atoms. The Hall–Kier alpha value is -2.82. The molecule has 0 spiro atoms. The van der Waals surface area contributed by atoms with Crippen LogP contribution < -0.4 is 9.64 Å². The average Bonchev–Trinajstić information content (AvgIpc) is 2.62. The molecule has 130 valence electrons. The van der Waals surface area contributed by atoms with Crippen molar-refractivity contribution in [3.8, 4) is 5.75 Å². The van der Waals surface area contributed by atoms with Crippen LogP contribution >= 0.6 is 0 Å². The van der Waals surface area contributed by atoms with Crippen molar-refractivity contribution >= 4 is 17.6 Å². The fourth-order valence-corrected chi connectivity index (χ4v) is 2.91. The third kappa shape index (κ3) is 3.65. The van der Waals surface area contributed by atoms with Gasteiger partial charge < -0.3 is 9.47 Å². The minimum absolute atomic E-state index is 0.0970. The van der Waals surface area contributed by atoms with E-state index in [0.717, 1.165) is 5.56 Å². The largest absolute Gasteiger partial charge is 0.489 e. The maximum Gasteiger partial charge on any atom is 0.308 e. The SMILES string of the molecule is CCOC(=O)C[C@@H]1COc2ccccc2N1C(=O)c1ccc(C)cc1. The quantitative estimate of drug-likeness (QED) is 0.802. The molecule has 1 amide bonds. The zero-order chi connectivity index (χ0) is 17.8. The number of fused-ring (bicyclic) bond motifs is 1. The zero-order valence-corrected chi connectivity index (χ0v) is 14.4. The summed E-state index contributed by atoms with van der Waals surface area (Å²) in [6.45, 7) is 4.31. The summed E-state index contributed by atoms with van der Waals surface area (Å²) in [5.74, 6) is 0.158. The van der Waals surface area contributed by atoms with Crippen molar-refractivity contribution in [2.45, 2.75) is 26.3 Å². The summed E-state index contributed by atoms with van der Waals surface area (Å²) in [4.78, 5) is 26.8. The van der Waals surface area contributed by atoms with E-state index in [1.165, 1.54) is 0 Å². The molecule has 1 atom stereocenters. The Balaban J connectivity index is 1.95. The molecule has 0 fully saturated rings. The van der Waals surface area contributed by atoms with E-state index >= 15 is 0 Å². The minimum Gasteiger partial charge on any atom is -0.489 e. The number of ether oxygens (including phenoxy) is 2. The molecule has 2 aromatic carbocycles. The fraction of sp³-hybridized carbons (Fsp3) is 0.300. The summed E-state index contributed by atoms with van der Waals surface area (Å²) in [7, 11) is 0. The molecule has 5 nitrogen and oxygen atoms in total. The van der Waals surface area contributed by atoms with Crippen molar-refractivity contribution in [1.82, 2.24) is 0 Å². The summed E-state index contributed by atoms with van der Waals surface area (Å²) >= 11 is 0. The smallest absolute Gasteiger partial charge is 0.308 e. The maximum atomic E-state index is 13.1. The predicted molar refractivity (Wildman–Crippen MR) is 95.0 cm³/mol. The van der Waals surface area contributed by atoms with E-state index in [9.17, 15) is 9.59 Å². The van der Waals surface area contributed by atoms with Crippen molar-refractivity contribution in [2.24, 2.45) is 0 Å². The summed E-state index contributed by atoms with van der Waals surface area (Å²) in [6.07, 6.45) is 0.0970. The number of carbonyl (C=O) groups is 2. The molecular formula is C20H21NO4. The van der Waals surface area contributed by atoms with E-state index in [4.69, 9.17) is 9.47 Å². The van der Waals surface area contributed by atoms with Crippen LogP contribution in [0.4, 0.5) is 5.69 Å². The molecule has 5 heteroatoms. The van der Waals surface area contributed by atoms with Crippen molar-refractivity contribution in [2.75, 3.05) is 18.1 Å². The normalized spacial score (nSPS) is 15.9. The van der Waals surface area contributed by atoms with Gasteiger partial charge in [0.05, 0.1) is 24.8 Å². The lowest BCUT2D eigenvalue weighted by Crippen LogP contribution is -2.48. The molecule has 0 saturated heterocycles. The van der Waals surface area contributed by atoms with Gasteiger partial charge in [-0.05, 0) is 38.1 Å². The minimum atomic E-state index is -0.400. The third-order valence-electron chi connectivity index (χ3n) is 4.15. The number of amides is 1. The molecule has 0 bridgehead atoms. The van der Waals surface area contributed by atoms with Crippen LogP contribution in [0.1, 0.15) is 29.3 Å². The summed E-state index contributed by atoms with van der Waals surface area (Å²) in [5, 5.41) is 0. The van der Waals surface area contributed by atoms with Gasteiger partial charge in [-0.2, -0.15) is 0 Å². The molecule has 1 heterocycles. The molecule has 3 rings (SSSR count). The second-order valence-electron chi connectivity index (χ2n) is 5.98. The highest BCUT2D eigenvalue weighted by Gasteiger charge is 2.34. The number of hydrogen-bond donors (Lipinski definition) is 0. The number of carbonyl (C=O) groups excluding carboxylic acids is 2. The fourth-order valence-electron chi connectivity index (χ4n) is 2.91. The van der Waals surface area contributed by atoms with Crippen LogP contribution in [0.5, 0.6) is 5.75 Å². The summed E-state index contributed by atoms with van der Waals surface area (Å²) in [5.41, 5.74) is 2.34. The Morgan fingerprint density at radius 2 is 1.88 bits per heavy atom. The van der Waals surface area contributed by atoms with Crippen LogP contribution in [0.25, 0.3) is 0 Å². The van der Waals surface area contributed by atoms with E-state index in [-0.39, 0.29) is 24.9 Å². The van der Waals surface area contributed by atoms with Gasteiger partial charge in [0.25, 0.3) is 5.91 Å². The number of aryl methyl sites for hydroxylation is 1. The molecule has 0 aromatic heterocycles. The number of rotatable bonds is 4. The van der Waals surface area contributed by atoms with Gasteiger partial charge in [0.2, 0.25) is 0 Å². The summed E-state index contributed by atoms with van der Waals surface area (Å²) < 4.78 is 10.8. The Labute approximate surface area is 147 Å². The molecule has 1 aliphatic rings. The molecule has 0 aliphatic carbocycles. The van der Waals surface area contributed by atoms with Gasteiger partial charge in [-0.3, -0.25) is 14.5 Å². The Kier molecular flexibility index (Phi) is 5.03. The van der Waals surface area contributed by atoms with E-state index in [1.54, 1.807) is 24.0 Å². The molecule has 0 saturated carbocycles. The standard InChI is InChI=1S/C20H21NO4/c1-3-24-19(22)12-16-13-25-18-7-5-4-6-17(18)21(16)20(23)15-10-8-14(2)9-11-15/h4-11,16H,3,12-13H2,1-2H3/t16-/m1/s1. The first-order valence-electron chi connectivity index (χ1n) is 8.38. The second kappa shape index (κ2) is 7.38. The van der Waals surface area contributed by atoms with E-state index in [0.29, 0.717) is 23.6 Å². The van der Waals surface area contributed by atoms with Crippen LogP contribution in [0.2, 0.25) is 0 Å². The number of benzene rings is 2. The number of para-hydroxylation sites is 2. The molecule has 0 N–H and O–H groups in total. The molecular weight excluding hydrogens is 318 g/mol. The van der Waals surface area contributed by atoms with Gasteiger partial charge in [0.1, 0.15) is 12.4 Å². The second-order valence-corrected chi connectivity index (χ2v) is 5.98. The first-order chi connectivity index (χ1) is 12.1. The van der Waals surface area contributed by atoms with Crippen LogP contribution in [0.15, 0.2) is 48.5 Å². The highest BCUT2D eigenvalue weighted by Crippen LogP contribution is 2.35. The van der Waals surface area contributed by atoms with Gasteiger partial charge in [-0.1, -0.05) is 29.8 Å². The van der Waals surface area contributed by atoms with E-state index in [1.807, 2.05) is 43.3 Å². The lowest BCUT2D eigenvalue weighted by molar-refractivity contribution is -0.143. The molecule has 2 aromatic rings. The van der Waals surface area contributed by atoms with Crippen molar-refractivity contribution in [3.05, 3.63) is 59.7 Å². The first kappa shape index (κ1) is 17.0. The summed E-state index contributed by atoms with van der Waals surface area (Å²) in [6, 6.07) is 14.4. The lowest BCUT2D eigenvalue weighted by atomic mass is 10.1. The average molecular weight is 339 g/mol. The topological polar surface area (TPSA) is 55.8 Å². The van der Waals surface area contributed by atoms with E-state index in [2.05, 4.69) is 0 Å². The number of anilines is 1. The number of hydrogen-bond acceptors (Lipinski definition) is 4. The lowest BCUT2D eigenvalue weighted by Gasteiger charge is -2.36. The highest BCUT2D eigenvalue weighted by molar-refractivity contribution is 6.07. The Morgan fingerprint density at radius 1 is 1.16 bits per heavy atom. The highest BCUT2D eigenvalue weighted by atomic mass is 16.5. The maximum absolute atomic E-state index is 13.1. The van der Waals surface area contributed by atoms with Crippen LogP contribution in [0, 0.1) is 6.92 Å². The molecule has 0 radical (unpaired) electrons. The van der Waals surface area contributed by atoms with Crippen molar-refractivity contribution in [1.29, 1.82) is 0 Å². The van der Waals surface area contributed by atoms with Crippen molar-refractivity contribution < 1.29 is 19.1 Å². The predicted octanol–water partition coefficient (Wildman–Crippen LogP) is 3.36. The third-order valence-corrected chi connectivity index (χ3v) is 4.15. The van der Waals surface area contributed by atoms with Crippen LogP contribution in [0.3, 0.4) is 0 Å². The number of nitrogens with zero attached hydrogens (tertiary/aromatic N) is 1. The van der Waals surface area contributed by atoms with Crippen LogP contribution in [-0.4, -0.2) is 31.1 Å². The monoisotopic (exact) mass is 339 g/mol. The van der Waals surface area contributed by atoms with Crippen molar-refractivity contribution in [3.63, 3.8) is 0 Å². The molecule has 0 unspecified atom stereocenters. The van der Waals surface area contributed by atoms with E-state index < -0.39 is 6.04 Å². The Bertz CT molecular complexity index is 770. The van der Waals surface area contributed by atoms with Gasteiger partial charge in [-0.15, -0.1) is 0 Å². The number of esters is 1. The first-order valence-corrected chi connectivity index (χ1v) is 8.38.